The standard InChI is InChI=1S/C15H20N2O4/c1-21-13-4-2-3-12(7-13)16-14(18)9-17(10-15(19)20)8-11-5-6-11/h2-4,7,11H,5-6,8-10H2,1H3,(H,16,18)(H,19,20). The monoisotopic (exact) mass is 292 g/mol. The van der Waals surface area contributed by atoms with E-state index in [1.54, 1.807) is 36.3 Å². The largest absolute Gasteiger partial charge is 0.497 e. The summed E-state index contributed by atoms with van der Waals surface area (Å²) in [6.45, 7) is 0.639. The van der Waals surface area contributed by atoms with Crippen LogP contribution >= 0.6 is 0 Å². The predicted molar refractivity (Wildman–Crippen MR) is 78.4 cm³/mol. The number of amides is 1. The van der Waals surface area contributed by atoms with Gasteiger partial charge in [0.1, 0.15) is 5.75 Å². The third kappa shape index (κ3) is 5.43. The summed E-state index contributed by atoms with van der Waals surface area (Å²) in [7, 11) is 1.56. The quantitative estimate of drug-likeness (QED) is 0.758. The Morgan fingerprint density at radius 1 is 1.38 bits per heavy atom. The van der Waals surface area contributed by atoms with Crippen LogP contribution in [0, 0.1) is 5.92 Å². The Bertz CT molecular complexity index is 514. The number of carboxylic acids is 1. The van der Waals surface area contributed by atoms with Crippen LogP contribution in [0.3, 0.4) is 0 Å². The summed E-state index contributed by atoms with van der Waals surface area (Å²) in [5.41, 5.74) is 0.640. The van der Waals surface area contributed by atoms with Gasteiger partial charge < -0.3 is 15.2 Å². The van der Waals surface area contributed by atoms with E-state index in [-0.39, 0.29) is 19.0 Å². The van der Waals surface area contributed by atoms with Gasteiger partial charge in [0.15, 0.2) is 0 Å². The van der Waals surface area contributed by atoms with Crippen LogP contribution in [0.4, 0.5) is 5.69 Å². The molecular formula is C15H20N2O4. The van der Waals surface area contributed by atoms with Gasteiger partial charge in [0.2, 0.25) is 5.91 Å². The zero-order valence-corrected chi connectivity index (χ0v) is 12.0. The molecule has 0 heterocycles. The van der Waals surface area contributed by atoms with E-state index in [1.165, 1.54) is 0 Å². The molecule has 0 saturated heterocycles. The molecule has 0 aromatic heterocycles. The minimum Gasteiger partial charge on any atom is -0.497 e. The number of anilines is 1. The third-order valence-corrected chi connectivity index (χ3v) is 3.29. The number of carbonyl (C=O) groups is 2. The molecular weight excluding hydrogens is 272 g/mol. The lowest BCUT2D eigenvalue weighted by atomic mass is 10.3. The van der Waals surface area contributed by atoms with Crippen LogP contribution in [0.25, 0.3) is 0 Å². The Morgan fingerprint density at radius 2 is 2.14 bits per heavy atom. The van der Waals surface area contributed by atoms with Gasteiger partial charge in [-0.2, -0.15) is 0 Å². The zero-order valence-electron chi connectivity index (χ0n) is 12.0. The van der Waals surface area contributed by atoms with Crippen molar-refractivity contribution in [1.82, 2.24) is 4.90 Å². The Labute approximate surface area is 123 Å². The predicted octanol–water partition coefficient (Wildman–Crippen LogP) is 1.43. The fourth-order valence-electron chi connectivity index (χ4n) is 2.15. The second-order valence-electron chi connectivity index (χ2n) is 5.29. The third-order valence-electron chi connectivity index (χ3n) is 3.29. The topological polar surface area (TPSA) is 78.9 Å². The maximum atomic E-state index is 12.0. The minimum absolute atomic E-state index is 0.0833. The highest BCUT2D eigenvalue weighted by Crippen LogP contribution is 2.29. The van der Waals surface area contributed by atoms with E-state index >= 15 is 0 Å². The summed E-state index contributed by atoms with van der Waals surface area (Å²) >= 11 is 0. The molecule has 1 aliphatic carbocycles. The summed E-state index contributed by atoms with van der Waals surface area (Å²) in [5.74, 6) is 0.0668. The summed E-state index contributed by atoms with van der Waals surface area (Å²) in [4.78, 5) is 24.5. The molecule has 1 saturated carbocycles. The van der Waals surface area contributed by atoms with Gasteiger partial charge in [-0.1, -0.05) is 6.07 Å². The van der Waals surface area contributed by atoms with Crippen molar-refractivity contribution < 1.29 is 19.4 Å². The number of nitrogens with one attached hydrogen (secondary N) is 1. The van der Waals surface area contributed by atoms with Gasteiger partial charge in [-0.15, -0.1) is 0 Å². The molecule has 0 radical (unpaired) electrons. The van der Waals surface area contributed by atoms with Crippen LogP contribution in [-0.4, -0.2) is 48.6 Å². The molecule has 21 heavy (non-hydrogen) atoms. The first kappa shape index (κ1) is 15.3. The van der Waals surface area contributed by atoms with Crippen molar-refractivity contribution in [2.24, 2.45) is 5.92 Å². The molecule has 2 rings (SSSR count). The van der Waals surface area contributed by atoms with E-state index in [0.717, 1.165) is 12.8 Å². The van der Waals surface area contributed by atoms with Crippen LogP contribution in [0.15, 0.2) is 24.3 Å². The van der Waals surface area contributed by atoms with Crippen LogP contribution < -0.4 is 10.1 Å². The van der Waals surface area contributed by atoms with Crippen molar-refractivity contribution in [3.05, 3.63) is 24.3 Å². The number of benzene rings is 1. The van der Waals surface area contributed by atoms with E-state index in [4.69, 9.17) is 9.84 Å². The maximum absolute atomic E-state index is 12.0. The number of ether oxygens (including phenoxy) is 1. The van der Waals surface area contributed by atoms with Crippen molar-refractivity contribution in [1.29, 1.82) is 0 Å². The number of hydrogen-bond donors (Lipinski definition) is 2. The molecule has 0 bridgehead atoms. The van der Waals surface area contributed by atoms with E-state index in [1.807, 2.05) is 0 Å². The van der Waals surface area contributed by atoms with Gasteiger partial charge in [0.05, 0.1) is 20.2 Å². The number of rotatable bonds is 8. The first-order chi connectivity index (χ1) is 10.1. The van der Waals surface area contributed by atoms with Crippen molar-refractivity contribution in [3.8, 4) is 5.75 Å². The molecule has 1 amide bonds. The normalized spacial score (nSPS) is 14.0. The summed E-state index contributed by atoms with van der Waals surface area (Å²) in [5, 5.41) is 11.7. The van der Waals surface area contributed by atoms with Gasteiger partial charge in [-0.25, -0.2) is 0 Å². The Kier molecular flexibility index (Phi) is 5.16. The van der Waals surface area contributed by atoms with Crippen molar-refractivity contribution in [2.45, 2.75) is 12.8 Å². The smallest absolute Gasteiger partial charge is 0.317 e. The Morgan fingerprint density at radius 3 is 2.76 bits per heavy atom. The van der Waals surface area contributed by atoms with E-state index in [9.17, 15) is 9.59 Å². The molecule has 6 heteroatoms. The minimum atomic E-state index is -0.912. The number of nitrogens with zero attached hydrogens (tertiary/aromatic N) is 1. The average Bonchev–Trinajstić information content (AvgIpc) is 3.21. The van der Waals surface area contributed by atoms with Crippen LogP contribution in [0.5, 0.6) is 5.75 Å². The van der Waals surface area contributed by atoms with Gasteiger partial charge in [0.25, 0.3) is 0 Å². The average molecular weight is 292 g/mol. The van der Waals surface area contributed by atoms with Gasteiger partial charge in [-0.3, -0.25) is 14.5 Å². The fraction of sp³-hybridized carbons (Fsp3) is 0.467. The zero-order chi connectivity index (χ0) is 15.2. The molecule has 114 valence electrons. The number of aliphatic carboxylic acids is 1. The molecule has 0 unspecified atom stereocenters. The first-order valence-corrected chi connectivity index (χ1v) is 6.95. The SMILES string of the molecule is COc1cccc(NC(=O)CN(CC(=O)O)CC2CC2)c1. The highest BCUT2D eigenvalue weighted by Gasteiger charge is 2.26. The number of hydrogen-bond acceptors (Lipinski definition) is 4. The van der Waals surface area contributed by atoms with Crippen molar-refractivity contribution >= 4 is 17.6 Å². The molecule has 0 atom stereocenters. The number of carboxylic acid groups (broad SMARTS) is 1. The Hall–Kier alpha value is -2.08. The maximum Gasteiger partial charge on any atom is 0.317 e. The van der Waals surface area contributed by atoms with Gasteiger partial charge >= 0.3 is 5.97 Å². The molecule has 1 aliphatic rings. The molecule has 2 N–H and O–H groups in total. The Balaban J connectivity index is 1.89. The highest BCUT2D eigenvalue weighted by molar-refractivity contribution is 5.92. The molecule has 1 fully saturated rings. The summed E-state index contributed by atoms with van der Waals surface area (Å²) < 4.78 is 5.09. The summed E-state index contributed by atoms with van der Waals surface area (Å²) in [6, 6.07) is 7.07. The van der Waals surface area contributed by atoms with E-state index in [0.29, 0.717) is 23.9 Å². The second-order valence-corrected chi connectivity index (χ2v) is 5.29. The molecule has 0 spiro atoms. The van der Waals surface area contributed by atoms with E-state index in [2.05, 4.69) is 5.32 Å². The molecule has 6 nitrogen and oxygen atoms in total. The number of carbonyl (C=O) groups excluding carboxylic acids is 1. The molecule has 1 aromatic carbocycles. The van der Waals surface area contributed by atoms with Crippen LogP contribution in [-0.2, 0) is 9.59 Å². The van der Waals surface area contributed by atoms with Gasteiger partial charge in [-0.05, 0) is 30.9 Å². The van der Waals surface area contributed by atoms with Crippen LogP contribution in [0.2, 0.25) is 0 Å². The lowest BCUT2D eigenvalue weighted by molar-refractivity contribution is -0.138. The molecule has 0 aliphatic heterocycles. The number of methoxy groups -OCH3 is 1. The van der Waals surface area contributed by atoms with Crippen LogP contribution in [0.1, 0.15) is 12.8 Å². The lowest BCUT2D eigenvalue weighted by Gasteiger charge is -2.19. The summed E-state index contributed by atoms with van der Waals surface area (Å²) in [6.07, 6.45) is 2.24. The van der Waals surface area contributed by atoms with Gasteiger partial charge in [0, 0.05) is 18.3 Å². The van der Waals surface area contributed by atoms with Crippen molar-refractivity contribution in [2.75, 3.05) is 32.1 Å². The first-order valence-electron chi connectivity index (χ1n) is 6.95. The fourth-order valence-corrected chi connectivity index (χ4v) is 2.15. The van der Waals surface area contributed by atoms with Crippen molar-refractivity contribution in [3.63, 3.8) is 0 Å². The second kappa shape index (κ2) is 7.08. The van der Waals surface area contributed by atoms with E-state index < -0.39 is 5.97 Å². The highest BCUT2D eigenvalue weighted by atomic mass is 16.5. The lowest BCUT2D eigenvalue weighted by Crippen LogP contribution is -2.38. The molecule has 1 aromatic rings.